The second-order valence-electron chi connectivity index (χ2n) is 3.82. The maximum Gasteiger partial charge on any atom is 0.133 e. The van der Waals surface area contributed by atoms with Crippen LogP contribution in [0.4, 0.5) is 0 Å². The van der Waals surface area contributed by atoms with Crippen LogP contribution in [0.1, 0.15) is 25.7 Å². The van der Waals surface area contributed by atoms with Gasteiger partial charge in [0, 0.05) is 13.0 Å². The van der Waals surface area contributed by atoms with E-state index in [1.807, 2.05) is 0 Å². The first-order chi connectivity index (χ1) is 6.70. The summed E-state index contributed by atoms with van der Waals surface area (Å²) in [5.74, 6) is 2.69. The van der Waals surface area contributed by atoms with Gasteiger partial charge in [0.2, 0.25) is 0 Å². The lowest BCUT2D eigenvalue weighted by molar-refractivity contribution is -0.0705. The van der Waals surface area contributed by atoms with Gasteiger partial charge in [-0.05, 0) is 19.3 Å². The van der Waals surface area contributed by atoms with Crippen molar-refractivity contribution >= 4 is 0 Å². The van der Waals surface area contributed by atoms with Crippen LogP contribution in [0.15, 0.2) is 12.7 Å². The summed E-state index contributed by atoms with van der Waals surface area (Å²) in [6.45, 7) is 3.60. The molecule has 0 radical (unpaired) electrons. The third kappa shape index (κ3) is 1.84. The largest absolute Gasteiger partial charge is 0.389 e. The first-order valence-corrected chi connectivity index (χ1v) is 5.03. The van der Waals surface area contributed by atoms with Gasteiger partial charge in [-0.25, -0.2) is 0 Å². The van der Waals surface area contributed by atoms with Crippen molar-refractivity contribution in [2.75, 3.05) is 7.11 Å². The quantitative estimate of drug-likeness (QED) is 0.548. The fraction of sp³-hybridized carbons (Fsp3) is 0.667. The molecule has 0 bridgehead atoms. The van der Waals surface area contributed by atoms with Crippen LogP contribution >= 0.6 is 0 Å². The molecule has 0 aromatic carbocycles. The van der Waals surface area contributed by atoms with Crippen molar-refractivity contribution in [1.29, 1.82) is 0 Å². The van der Waals surface area contributed by atoms with Crippen LogP contribution in [0.3, 0.4) is 0 Å². The molecule has 1 saturated carbocycles. The molecule has 1 N–H and O–H groups in total. The maximum absolute atomic E-state index is 9.79. The molecule has 1 rings (SSSR count). The summed E-state index contributed by atoms with van der Waals surface area (Å²) in [6.07, 6.45) is 10.4. The van der Waals surface area contributed by atoms with E-state index in [1.54, 1.807) is 13.2 Å². The average Bonchev–Trinajstić information content (AvgIpc) is 2.27. The number of hydrogen-bond acceptors (Lipinski definition) is 2. The van der Waals surface area contributed by atoms with Crippen LogP contribution in [-0.2, 0) is 4.74 Å². The van der Waals surface area contributed by atoms with Crippen LogP contribution in [0, 0.1) is 18.3 Å². The van der Waals surface area contributed by atoms with Gasteiger partial charge < -0.3 is 9.84 Å². The minimum absolute atomic E-state index is 0.0104. The minimum Gasteiger partial charge on any atom is -0.389 e. The van der Waals surface area contributed by atoms with E-state index in [4.69, 9.17) is 11.2 Å². The van der Waals surface area contributed by atoms with Crippen molar-refractivity contribution in [2.45, 2.75) is 37.4 Å². The van der Waals surface area contributed by atoms with E-state index < -0.39 is 11.7 Å². The molecule has 1 aliphatic rings. The van der Waals surface area contributed by atoms with Crippen LogP contribution in [0.25, 0.3) is 0 Å². The van der Waals surface area contributed by atoms with E-state index in [0.717, 1.165) is 25.7 Å². The van der Waals surface area contributed by atoms with Crippen molar-refractivity contribution in [3.63, 3.8) is 0 Å². The van der Waals surface area contributed by atoms with Crippen molar-refractivity contribution in [2.24, 2.45) is 5.92 Å². The molecule has 0 heterocycles. The SMILES string of the molecule is C#CC1(OC)CCCCC1C(O)C=C. The molecule has 0 aliphatic heterocycles. The first kappa shape index (κ1) is 11.3. The van der Waals surface area contributed by atoms with E-state index in [0.29, 0.717) is 0 Å². The molecule has 2 nitrogen and oxygen atoms in total. The number of aliphatic hydroxyl groups is 1. The van der Waals surface area contributed by atoms with Crippen LogP contribution in [0.2, 0.25) is 0 Å². The molecular weight excluding hydrogens is 176 g/mol. The summed E-state index contributed by atoms with van der Waals surface area (Å²) in [6, 6.07) is 0. The molecule has 0 aromatic rings. The number of aliphatic hydroxyl groups excluding tert-OH is 1. The molecule has 3 unspecified atom stereocenters. The summed E-state index contributed by atoms with van der Waals surface area (Å²) in [5, 5.41) is 9.79. The highest BCUT2D eigenvalue weighted by atomic mass is 16.5. The molecule has 78 valence electrons. The van der Waals surface area contributed by atoms with Gasteiger partial charge in [-0.15, -0.1) is 13.0 Å². The number of methoxy groups -OCH3 is 1. The Balaban J connectivity index is 2.88. The normalized spacial score (nSPS) is 34.5. The molecule has 0 spiro atoms. The lowest BCUT2D eigenvalue weighted by Crippen LogP contribution is -2.46. The van der Waals surface area contributed by atoms with Gasteiger partial charge >= 0.3 is 0 Å². The van der Waals surface area contributed by atoms with Gasteiger partial charge in [-0.1, -0.05) is 18.4 Å². The van der Waals surface area contributed by atoms with Crippen molar-refractivity contribution in [3.8, 4) is 12.3 Å². The Labute approximate surface area is 86.0 Å². The zero-order valence-corrected chi connectivity index (χ0v) is 8.70. The van der Waals surface area contributed by atoms with E-state index in [-0.39, 0.29) is 5.92 Å². The van der Waals surface area contributed by atoms with E-state index in [1.165, 1.54) is 0 Å². The topological polar surface area (TPSA) is 29.5 Å². The summed E-state index contributed by atoms with van der Waals surface area (Å²) in [5.41, 5.74) is -0.591. The lowest BCUT2D eigenvalue weighted by Gasteiger charge is -2.40. The Morgan fingerprint density at radius 2 is 2.43 bits per heavy atom. The number of rotatable bonds is 3. The predicted molar refractivity (Wildman–Crippen MR) is 56.7 cm³/mol. The second-order valence-corrected chi connectivity index (χ2v) is 3.82. The fourth-order valence-electron chi connectivity index (χ4n) is 2.27. The lowest BCUT2D eigenvalue weighted by atomic mass is 9.73. The van der Waals surface area contributed by atoms with Gasteiger partial charge in [0.1, 0.15) is 5.60 Å². The number of hydrogen-bond donors (Lipinski definition) is 1. The van der Waals surface area contributed by atoms with Crippen molar-refractivity contribution in [1.82, 2.24) is 0 Å². The molecular formula is C12H18O2. The zero-order valence-electron chi connectivity index (χ0n) is 8.70. The van der Waals surface area contributed by atoms with Crippen LogP contribution in [0.5, 0.6) is 0 Å². The van der Waals surface area contributed by atoms with Gasteiger partial charge in [0.15, 0.2) is 0 Å². The molecule has 0 aromatic heterocycles. The average molecular weight is 194 g/mol. The Morgan fingerprint density at radius 1 is 1.71 bits per heavy atom. The summed E-state index contributed by atoms with van der Waals surface area (Å²) < 4.78 is 5.42. The minimum atomic E-state index is -0.591. The van der Waals surface area contributed by atoms with E-state index in [2.05, 4.69) is 12.5 Å². The highest BCUT2D eigenvalue weighted by molar-refractivity contribution is 5.16. The van der Waals surface area contributed by atoms with Gasteiger partial charge in [0.25, 0.3) is 0 Å². The molecule has 14 heavy (non-hydrogen) atoms. The first-order valence-electron chi connectivity index (χ1n) is 5.03. The maximum atomic E-state index is 9.79. The standard InChI is InChI=1S/C12H18O2/c1-4-11(13)10-8-6-7-9-12(10,5-2)14-3/h2,4,10-11,13H,1,6-9H2,3H3. The molecule has 1 fully saturated rings. The Kier molecular flexibility index (Phi) is 3.74. The molecule has 1 aliphatic carbocycles. The van der Waals surface area contributed by atoms with Gasteiger partial charge in [0.05, 0.1) is 6.10 Å². The zero-order chi connectivity index (χ0) is 10.6. The van der Waals surface area contributed by atoms with Gasteiger partial charge in [-0.2, -0.15) is 0 Å². The highest BCUT2D eigenvalue weighted by Gasteiger charge is 2.42. The Hall–Kier alpha value is -0.780. The summed E-state index contributed by atoms with van der Waals surface area (Å²) in [4.78, 5) is 0. The fourth-order valence-corrected chi connectivity index (χ4v) is 2.27. The van der Waals surface area contributed by atoms with Crippen molar-refractivity contribution < 1.29 is 9.84 Å². The third-order valence-electron chi connectivity index (χ3n) is 3.17. The van der Waals surface area contributed by atoms with Crippen LogP contribution < -0.4 is 0 Å². The predicted octanol–water partition coefficient (Wildman–Crippen LogP) is 1.74. The molecule has 2 heteroatoms. The van der Waals surface area contributed by atoms with E-state index in [9.17, 15) is 5.11 Å². The second kappa shape index (κ2) is 4.63. The Morgan fingerprint density at radius 3 is 2.93 bits per heavy atom. The smallest absolute Gasteiger partial charge is 0.133 e. The number of terminal acetylenes is 1. The third-order valence-corrected chi connectivity index (χ3v) is 3.17. The molecule has 3 atom stereocenters. The summed E-state index contributed by atoms with van der Waals surface area (Å²) in [7, 11) is 1.62. The molecule has 0 saturated heterocycles. The van der Waals surface area contributed by atoms with E-state index >= 15 is 0 Å². The monoisotopic (exact) mass is 194 g/mol. The Bertz CT molecular complexity index is 241. The highest BCUT2D eigenvalue weighted by Crippen LogP contribution is 2.38. The van der Waals surface area contributed by atoms with Gasteiger partial charge in [-0.3, -0.25) is 0 Å². The molecule has 0 amide bonds. The van der Waals surface area contributed by atoms with Crippen molar-refractivity contribution in [3.05, 3.63) is 12.7 Å². The van der Waals surface area contributed by atoms with Crippen LogP contribution in [-0.4, -0.2) is 23.9 Å². The summed E-state index contributed by atoms with van der Waals surface area (Å²) >= 11 is 0. The number of ether oxygens (including phenoxy) is 1.